The Hall–Kier alpha value is -0.160. The maximum Gasteiger partial charge on any atom is 0.238 e. The largest absolute Gasteiger partial charge is 0.336 e. The van der Waals surface area contributed by atoms with Crippen molar-refractivity contribution in [1.29, 1.82) is 0 Å². The van der Waals surface area contributed by atoms with Gasteiger partial charge in [0.15, 0.2) is 0 Å². The summed E-state index contributed by atoms with van der Waals surface area (Å²) in [7, 11) is 1.55. The molecule has 1 unspecified atom stereocenters. The third-order valence-corrected chi connectivity index (χ3v) is 4.34. The smallest absolute Gasteiger partial charge is 0.238 e. The zero-order valence-corrected chi connectivity index (χ0v) is 10.7. The predicted octanol–water partition coefficient (Wildman–Crippen LogP) is 2.98. The second-order valence-corrected chi connectivity index (χ2v) is 6.31. The molecule has 0 bridgehead atoms. The maximum absolute atomic E-state index is 6.68. The second kappa shape index (κ2) is 7.17. The van der Waals surface area contributed by atoms with E-state index in [0.29, 0.717) is 24.9 Å². The Labute approximate surface area is 89.1 Å². The molecular weight excluding hydrogens is 195 g/mol. The molecule has 0 aromatic carbocycles. The van der Waals surface area contributed by atoms with Crippen LogP contribution >= 0.6 is 8.30 Å². The van der Waals surface area contributed by atoms with Crippen LogP contribution in [0.25, 0.3) is 4.85 Å². The third kappa shape index (κ3) is 4.91. The standard InChI is InChI=1S/C10H21N2OP/c1-9(2)12(6)14(10(3)4)13-8-7-11-5/h9-10H,7-8H2,1-4,6H3. The number of rotatable bonds is 6. The summed E-state index contributed by atoms with van der Waals surface area (Å²) in [6.45, 7) is 16.4. The summed E-state index contributed by atoms with van der Waals surface area (Å²) >= 11 is 0. The van der Waals surface area contributed by atoms with Gasteiger partial charge in [-0.1, -0.05) is 13.8 Å². The van der Waals surface area contributed by atoms with E-state index in [9.17, 15) is 0 Å². The molecule has 1 atom stereocenters. The normalized spacial score (nSPS) is 13.6. The monoisotopic (exact) mass is 216 g/mol. The van der Waals surface area contributed by atoms with Gasteiger partial charge in [0.1, 0.15) is 14.9 Å². The van der Waals surface area contributed by atoms with Crippen LogP contribution in [0.2, 0.25) is 0 Å². The van der Waals surface area contributed by atoms with Crippen LogP contribution in [-0.4, -0.2) is 36.6 Å². The molecule has 0 aliphatic heterocycles. The Balaban J connectivity index is 4.09. The van der Waals surface area contributed by atoms with Crippen molar-refractivity contribution >= 4 is 8.30 Å². The first kappa shape index (κ1) is 13.8. The summed E-state index contributed by atoms with van der Waals surface area (Å²) in [5.41, 5.74) is 0.517. The molecule has 0 aliphatic carbocycles. The van der Waals surface area contributed by atoms with Gasteiger partial charge >= 0.3 is 0 Å². The van der Waals surface area contributed by atoms with Gasteiger partial charge in [0, 0.05) is 11.7 Å². The zero-order valence-electron chi connectivity index (χ0n) is 9.82. The Bertz CT molecular complexity index is 189. The minimum atomic E-state index is -0.542. The van der Waals surface area contributed by atoms with E-state index in [4.69, 9.17) is 11.1 Å². The van der Waals surface area contributed by atoms with Crippen LogP contribution in [0.4, 0.5) is 0 Å². The van der Waals surface area contributed by atoms with Crippen LogP contribution in [0.5, 0.6) is 0 Å². The van der Waals surface area contributed by atoms with E-state index in [1.165, 1.54) is 0 Å². The van der Waals surface area contributed by atoms with E-state index in [0.717, 1.165) is 0 Å². The van der Waals surface area contributed by atoms with Crippen molar-refractivity contribution < 1.29 is 4.52 Å². The van der Waals surface area contributed by atoms with Crippen molar-refractivity contribution in [2.45, 2.75) is 39.4 Å². The van der Waals surface area contributed by atoms with E-state index >= 15 is 0 Å². The molecule has 4 heteroatoms. The summed E-state index contributed by atoms with van der Waals surface area (Å²) in [4.78, 5) is 3.29. The lowest BCUT2D eigenvalue weighted by Crippen LogP contribution is -2.25. The highest BCUT2D eigenvalue weighted by Gasteiger charge is 2.21. The van der Waals surface area contributed by atoms with Gasteiger partial charge in [-0.25, -0.2) is 6.57 Å². The molecule has 0 aliphatic rings. The van der Waals surface area contributed by atoms with Gasteiger partial charge in [-0.15, -0.1) is 0 Å². The van der Waals surface area contributed by atoms with Crippen molar-refractivity contribution in [2.75, 3.05) is 20.2 Å². The second-order valence-electron chi connectivity index (χ2n) is 3.78. The van der Waals surface area contributed by atoms with E-state index in [1.54, 1.807) is 0 Å². The zero-order chi connectivity index (χ0) is 11.1. The number of hydrogen-bond donors (Lipinski definition) is 0. The van der Waals surface area contributed by atoms with Gasteiger partial charge in [0.25, 0.3) is 0 Å². The molecule has 14 heavy (non-hydrogen) atoms. The molecule has 0 aromatic rings. The van der Waals surface area contributed by atoms with Crippen molar-refractivity contribution in [3.8, 4) is 0 Å². The molecule has 0 amide bonds. The Morgan fingerprint density at radius 3 is 2.29 bits per heavy atom. The van der Waals surface area contributed by atoms with E-state index < -0.39 is 8.30 Å². The molecule has 82 valence electrons. The SMILES string of the molecule is [C-]#[N+]CCOP(C(C)C)N(C)C(C)C. The van der Waals surface area contributed by atoms with Gasteiger partial charge in [-0.2, -0.15) is 0 Å². The molecule has 3 nitrogen and oxygen atoms in total. The fourth-order valence-electron chi connectivity index (χ4n) is 1.01. The number of hydrogen-bond acceptors (Lipinski definition) is 2. The summed E-state index contributed by atoms with van der Waals surface area (Å²) < 4.78 is 8.01. The molecule has 0 saturated carbocycles. The van der Waals surface area contributed by atoms with Crippen molar-refractivity contribution in [1.82, 2.24) is 4.67 Å². The minimum Gasteiger partial charge on any atom is -0.336 e. The van der Waals surface area contributed by atoms with Gasteiger partial charge in [0.05, 0.1) is 0 Å². The van der Waals surface area contributed by atoms with E-state index in [-0.39, 0.29) is 0 Å². The Kier molecular flexibility index (Phi) is 7.09. The fraction of sp³-hybridized carbons (Fsp3) is 0.900. The number of nitrogens with zero attached hydrogens (tertiary/aromatic N) is 2. The molecular formula is C10H21N2OP. The predicted molar refractivity (Wildman–Crippen MR) is 62.4 cm³/mol. The molecule has 0 heterocycles. The first-order valence-electron chi connectivity index (χ1n) is 4.98. The molecule has 0 saturated heterocycles. The Morgan fingerprint density at radius 1 is 1.36 bits per heavy atom. The minimum absolute atomic E-state index is 0.470. The molecule has 0 radical (unpaired) electrons. The average Bonchev–Trinajstić information content (AvgIpc) is 2.10. The van der Waals surface area contributed by atoms with Gasteiger partial charge < -0.3 is 9.37 Å². The summed E-state index contributed by atoms with van der Waals surface area (Å²) in [5.74, 6) is 0. The maximum atomic E-state index is 6.68. The summed E-state index contributed by atoms with van der Waals surface area (Å²) in [5, 5.41) is 0. The van der Waals surface area contributed by atoms with Crippen molar-refractivity contribution in [3.63, 3.8) is 0 Å². The lowest BCUT2D eigenvalue weighted by Gasteiger charge is -2.32. The third-order valence-electron chi connectivity index (χ3n) is 1.93. The van der Waals surface area contributed by atoms with Crippen molar-refractivity contribution in [2.24, 2.45) is 0 Å². The lowest BCUT2D eigenvalue weighted by molar-refractivity contribution is 0.311. The molecule has 0 fully saturated rings. The molecule has 0 N–H and O–H groups in total. The van der Waals surface area contributed by atoms with Crippen LogP contribution < -0.4 is 0 Å². The van der Waals surface area contributed by atoms with Crippen LogP contribution in [-0.2, 0) is 4.52 Å². The van der Waals surface area contributed by atoms with Gasteiger partial charge in [0.2, 0.25) is 6.54 Å². The highest BCUT2D eigenvalue weighted by molar-refractivity contribution is 7.50. The Morgan fingerprint density at radius 2 is 1.93 bits per heavy atom. The highest BCUT2D eigenvalue weighted by atomic mass is 31.2. The van der Waals surface area contributed by atoms with Crippen LogP contribution in [0.15, 0.2) is 0 Å². The quantitative estimate of drug-likeness (QED) is 0.385. The fourth-order valence-corrected chi connectivity index (χ4v) is 2.94. The summed E-state index contributed by atoms with van der Waals surface area (Å²) in [6.07, 6.45) is 0. The van der Waals surface area contributed by atoms with Gasteiger partial charge in [-0.05, 0) is 20.9 Å². The lowest BCUT2D eigenvalue weighted by atomic mass is 10.4. The summed E-state index contributed by atoms with van der Waals surface area (Å²) in [6, 6.07) is 0.497. The van der Waals surface area contributed by atoms with E-state index in [1.807, 2.05) is 0 Å². The van der Waals surface area contributed by atoms with Crippen molar-refractivity contribution in [3.05, 3.63) is 11.4 Å². The average molecular weight is 216 g/mol. The highest BCUT2D eigenvalue weighted by Crippen LogP contribution is 2.46. The molecule has 0 aromatic heterocycles. The topological polar surface area (TPSA) is 16.8 Å². The first-order chi connectivity index (χ1) is 6.50. The van der Waals surface area contributed by atoms with Gasteiger partial charge in [-0.3, -0.25) is 4.67 Å². The van der Waals surface area contributed by atoms with Crippen LogP contribution in [0.3, 0.4) is 0 Å². The first-order valence-corrected chi connectivity index (χ1v) is 6.27. The molecule has 0 rings (SSSR count). The van der Waals surface area contributed by atoms with Crippen LogP contribution in [0, 0.1) is 6.57 Å². The molecule has 0 spiro atoms. The van der Waals surface area contributed by atoms with E-state index in [2.05, 4.69) is 44.3 Å². The van der Waals surface area contributed by atoms with Crippen LogP contribution in [0.1, 0.15) is 27.7 Å².